The Morgan fingerprint density at radius 1 is 1.26 bits per heavy atom. The highest BCUT2D eigenvalue weighted by Gasteiger charge is 2.14. The van der Waals surface area contributed by atoms with Crippen LogP contribution in [0.15, 0.2) is 12.1 Å². The number of amides is 1. The second-order valence-corrected chi connectivity index (χ2v) is 4.58. The van der Waals surface area contributed by atoms with Gasteiger partial charge in [0.25, 0.3) is 0 Å². The smallest absolute Gasteiger partial charge is 0.323 e. The third-order valence-electron chi connectivity index (χ3n) is 2.88. The van der Waals surface area contributed by atoms with Crippen LogP contribution >= 0.6 is 0 Å². The Kier molecular flexibility index (Phi) is 4.92. The molecule has 1 N–H and O–H groups in total. The Hall–Kier alpha value is -2.04. The molecule has 0 aliphatic rings. The fraction of sp³-hybridized carbons (Fsp3) is 0.429. The maximum Gasteiger partial charge on any atom is 0.323 e. The highest BCUT2D eigenvalue weighted by molar-refractivity contribution is 5.82. The van der Waals surface area contributed by atoms with Gasteiger partial charge in [0.1, 0.15) is 12.3 Å². The predicted molar refractivity (Wildman–Crippen MR) is 71.4 cm³/mol. The molecule has 0 saturated carbocycles. The zero-order chi connectivity index (χ0) is 14.6. The Balaban J connectivity index is 2.83. The van der Waals surface area contributed by atoms with Gasteiger partial charge in [-0.3, -0.25) is 9.59 Å². The molecule has 5 heteroatoms. The van der Waals surface area contributed by atoms with Crippen LogP contribution in [0.2, 0.25) is 0 Å². The van der Waals surface area contributed by atoms with Gasteiger partial charge in [0.15, 0.2) is 0 Å². The lowest BCUT2D eigenvalue weighted by atomic mass is 10.0. The molecule has 5 nitrogen and oxygen atoms in total. The first-order chi connectivity index (χ1) is 8.85. The molecule has 0 fully saturated rings. The highest BCUT2D eigenvalue weighted by atomic mass is 16.5. The molecule has 0 unspecified atom stereocenters. The lowest BCUT2D eigenvalue weighted by Crippen LogP contribution is -2.33. The van der Waals surface area contributed by atoms with E-state index in [9.17, 15) is 9.59 Å². The van der Waals surface area contributed by atoms with Crippen LogP contribution in [-0.4, -0.2) is 42.6 Å². The molecule has 0 heterocycles. The summed E-state index contributed by atoms with van der Waals surface area (Å²) in [4.78, 5) is 23.6. The van der Waals surface area contributed by atoms with E-state index in [1.807, 2.05) is 26.0 Å². The minimum atomic E-state index is -1.02. The average molecular weight is 265 g/mol. The van der Waals surface area contributed by atoms with E-state index in [4.69, 9.17) is 9.84 Å². The van der Waals surface area contributed by atoms with Crippen LogP contribution in [-0.2, 0) is 16.0 Å². The molecule has 0 bridgehead atoms. The van der Waals surface area contributed by atoms with Crippen LogP contribution in [0.4, 0.5) is 0 Å². The molecule has 0 radical (unpaired) electrons. The molecule has 19 heavy (non-hydrogen) atoms. The molecule has 104 valence electrons. The van der Waals surface area contributed by atoms with Crippen LogP contribution in [0.1, 0.15) is 16.7 Å². The fourth-order valence-corrected chi connectivity index (χ4v) is 2.06. The molecule has 1 rings (SSSR count). The number of aryl methyl sites for hydroxylation is 2. The molecule has 1 aromatic carbocycles. The first-order valence-corrected chi connectivity index (χ1v) is 5.95. The van der Waals surface area contributed by atoms with Gasteiger partial charge in [-0.05, 0) is 30.5 Å². The number of carbonyl (C=O) groups is 2. The number of nitrogens with zero attached hydrogens (tertiary/aromatic N) is 1. The van der Waals surface area contributed by atoms with Gasteiger partial charge in [0.2, 0.25) is 5.91 Å². The second kappa shape index (κ2) is 6.22. The van der Waals surface area contributed by atoms with Crippen molar-refractivity contribution in [1.82, 2.24) is 4.90 Å². The van der Waals surface area contributed by atoms with E-state index in [0.717, 1.165) is 22.4 Å². The third kappa shape index (κ3) is 3.98. The molecular weight excluding hydrogens is 246 g/mol. The monoisotopic (exact) mass is 265 g/mol. The van der Waals surface area contributed by atoms with E-state index < -0.39 is 5.97 Å². The Labute approximate surface area is 112 Å². The zero-order valence-electron chi connectivity index (χ0n) is 11.7. The predicted octanol–water partition coefficient (Wildman–Crippen LogP) is 1.40. The van der Waals surface area contributed by atoms with Crippen molar-refractivity contribution in [1.29, 1.82) is 0 Å². The van der Waals surface area contributed by atoms with Crippen molar-refractivity contribution < 1.29 is 19.4 Å². The summed E-state index contributed by atoms with van der Waals surface area (Å²) in [6.45, 7) is 3.55. The topological polar surface area (TPSA) is 66.8 Å². The van der Waals surface area contributed by atoms with Crippen LogP contribution in [0.25, 0.3) is 0 Å². The van der Waals surface area contributed by atoms with Crippen LogP contribution in [0.5, 0.6) is 5.75 Å². The molecule has 0 spiro atoms. The number of ether oxygens (including phenoxy) is 1. The summed E-state index contributed by atoms with van der Waals surface area (Å²) in [5.41, 5.74) is 2.79. The third-order valence-corrected chi connectivity index (χ3v) is 2.88. The normalized spacial score (nSPS) is 10.1. The first-order valence-electron chi connectivity index (χ1n) is 5.95. The molecule has 0 aliphatic carbocycles. The molecule has 0 aromatic heterocycles. The summed E-state index contributed by atoms with van der Waals surface area (Å²) in [6.07, 6.45) is 0.190. The summed E-state index contributed by atoms with van der Waals surface area (Å²) < 4.78 is 5.26. The van der Waals surface area contributed by atoms with Gasteiger partial charge < -0.3 is 14.7 Å². The lowest BCUT2D eigenvalue weighted by molar-refractivity contribution is -0.143. The van der Waals surface area contributed by atoms with Gasteiger partial charge in [-0.1, -0.05) is 12.1 Å². The zero-order valence-corrected chi connectivity index (χ0v) is 11.7. The number of aliphatic carboxylic acids is 1. The van der Waals surface area contributed by atoms with Crippen molar-refractivity contribution in [2.75, 3.05) is 20.7 Å². The second-order valence-electron chi connectivity index (χ2n) is 4.58. The SMILES string of the molecule is COc1c(C)cc(CC(=O)N(C)CC(=O)O)cc1C. The summed E-state index contributed by atoms with van der Waals surface area (Å²) in [7, 11) is 3.10. The van der Waals surface area contributed by atoms with Crippen LogP contribution < -0.4 is 4.74 Å². The minimum absolute atomic E-state index is 0.190. The van der Waals surface area contributed by atoms with Crippen LogP contribution in [0.3, 0.4) is 0 Å². The van der Waals surface area contributed by atoms with Crippen LogP contribution in [0, 0.1) is 13.8 Å². The standard InChI is InChI=1S/C14H19NO4/c1-9-5-11(6-10(2)14(9)19-4)7-12(16)15(3)8-13(17)18/h5-6H,7-8H2,1-4H3,(H,17,18). The number of carboxylic acids is 1. The number of carboxylic acid groups (broad SMARTS) is 1. The number of methoxy groups -OCH3 is 1. The highest BCUT2D eigenvalue weighted by Crippen LogP contribution is 2.24. The van der Waals surface area contributed by atoms with Crippen molar-refractivity contribution in [3.05, 3.63) is 28.8 Å². The van der Waals surface area contributed by atoms with E-state index in [0.29, 0.717) is 0 Å². The number of rotatable bonds is 5. The molecule has 0 saturated heterocycles. The van der Waals surface area contributed by atoms with Gasteiger partial charge in [0.05, 0.1) is 13.5 Å². The van der Waals surface area contributed by atoms with Gasteiger partial charge in [0, 0.05) is 7.05 Å². The van der Waals surface area contributed by atoms with E-state index in [-0.39, 0.29) is 18.9 Å². The number of likely N-dealkylation sites (N-methyl/N-ethyl adjacent to an activating group) is 1. The van der Waals surface area contributed by atoms with Crippen molar-refractivity contribution in [2.24, 2.45) is 0 Å². The quantitative estimate of drug-likeness (QED) is 0.873. The van der Waals surface area contributed by atoms with Crippen molar-refractivity contribution in [3.8, 4) is 5.75 Å². The maximum atomic E-state index is 11.9. The van der Waals surface area contributed by atoms with Crippen molar-refractivity contribution in [2.45, 2.75) is 20.3 Å². The van der Waals surface area contributed by atoms with E-state index >= 15 is 0 Å². The molecule has 0 atom stereocenters. The number of hydrogen-bond acceptors (Lipinski definition) is 3. The summed E-state index contributed by atoms with van der Waals surface area (Å²) in [5, 5.41) is 8.64. The molecule has 1 amide bonds. The number of benzene rings is 1. The number of hydrogen-bond donors (Lipinski definition) is 1. The minimum Gasteiger partial charge on any atom is -0.496 e. The average Bonchev–Trinajstić information content (AvgIpc) is 2.27. The Morgan fingerprint density at radius 3 is 2.21 bits per heavy atom. The lowest BCUT2D eigenvalue weighted by Gasteiger charge is -2.16. The summed E-state index contributed by atoms with van der Waals surface area (Å²) in [6, 6.07) is 3.77. The fourth-order valence-electron chi connectivity index (χ4n) is 2.06. The molecule has 0 aliphatic heterocycles. The van der Waals surface area contributed by atoms with Gasteiger partial charge >= 0.3 is 5.97 Å². The summed E-state index contributed by atoms with van der Waals surface area (Å²) in [5.74, 6) is -0.417. The van der Waals surface area contributed by atoms with Crippen molar-refractivity contribution in [3.63, 3.8) is 0 Å². The van der Waals surface area contributed by atoms with Gasteiger partial charge in [-0.25, -0.2) is 0 Å². The summed E-state index contributed by atoms with van der Waals surface area (Å²) >= 11 is 0. The first kappa shape index (κ1) is 15.0. The molecular formula is C14H19NO4. The van der Waals surface area contributed by atoms with Gasteiger partial charge in [-0.2, -0.15) is 0 Å². The van der Waals surface area contributed by atoms with Gasteiger partial charge in [-0.15, -0.1) is 0 Å². The maximum absolute atomic E-state index is 11.9. The van der Waals surface area contributed by atoms with E-state index in [1.54, 1.807) is 7.11 Å². The van der Waals surface area contributed by atoms with E-state index in [2.05, 4.69) is 0 Å². The van der Waals surface area contributed by atoms with E-state index in [1.165, 1.54) is 11.9 Å². The van der Waals surface area contributed by atoms with Crippen molar-refractivity contribution >= 4 is 11.9 Å². The Morgan fingerprint density at radius 2 is 1.79 bits per heavy atom. The molecule has 1 aromatic rings. The number of carbonyl (C=O) groups excluding carboxylic acids is 1. The Bertz CT molecular complexity index is 473. The largest absolute Gasteiger partial charge is 0.496 e.